The van der Waals surface area contributed by atoms with Crippen molar-refractivity contribution in [3.05, 3.63) is 33.7 Å². The Morgan fingerprint density at radius 1 is 1.42 bits per heavy atom. The molecule has 1 aromatic heterocycles. The van der Waals surface area contributed by atoms with Crippen molar-refractivity contribution in [1.82, 2.24) is 10.3 Å². The highest BCUT2D eigenvalue weighted by molar-refractivity contribution is 5.26. The molecule has 0 fully saturated rings. The van der Waals surface area contributed by atoms with E-state index < -0.39 is 0 Å². The van der Waals surface area contributed by atoms with Crippen molar-refractivity contribution in [1.29, 1.82) is 0 Å². The average molecular weight is 264 g/mol. The van der Waals surface area contributed by atoms with E-state index in [1.165, 1.54) is 5.56 Å². The van der Waals surface area contributed by atoms with E-state index in [1.807, 2.05) is 6.07 Å². The van der Waals surface area contributed by atoms with E-state index in [0.29, 0.717) is 6.04 Å². The molecule has 0 spiro atoms. The molecule has 1 atom stereocenters. The minimum Gasteiger partial charge on any atom is -0.381 e. The van der Waals surface area contributed by atoms with Crippen molar-refractivity contribution in [3.8, 4) is 0 Å². The first-order chi connectivity index (χ1) is 9.31. The molecular weight excluding hydrogens is 240 g/mol. The maximum absolute atomic E-state index is 11.3. The number of pyridine rings is 1. The molecule has 2 N–H and O–H groups in total. The van der Waals surface area contributed by atoms with E-state index in [4.69, 9.17) is 4.74 Å². The maximum Gasteiger partial charge on any atom is 0.248 e. The number of nitrogens with one attached hydrogen (secondary N) is 2. The van der Waals surface area contributed by atoms with E-state index in [0.717, 1.165) is 57.6 Å². The van der Waals surface area contributed by atoms with Crippen LogP contribution in [0.15, 0.2) is 16.9 Å². The molecule has 1 aliphatic carbocycles. The molecule has 0 bridgehead atoms. The quantitative estimate of drug-likeness (QED) is 0.742. The van der Waals surface area contributed by atoms with Crippen molar-refractivity contribution in [3.63, 3.8) is 0 Å². The van der Waals surface area contributed by atoms with Gasteiger partial charge in [-0.1, -0.05) is 13.0 Å². The van der Waals surface area contributed by atoms with Crippen molar-refractivity contribution in [2.75, 3.05) is 19.8 Å². The summed E-state index contributed by atoms with van der Waals surface area (Å²) in [6.45, 7) is 4.77. The summed E-state index contributed by atoms with van der Waals surface area (Å²) < 4.78 is 5.47. The van der Waals surface area contributed by atoms with E-state index in [1.54, 1.807) is 6.07 Å². The standard InChI is InChI=1S/C15H24N2O2/c1-2-10-19-11-4-9-16-13-5-3-6-14-12(13)7-8-15(18)17-14/h7-8,13,16H,2-6,9-11H2,1H3,(H,17,18). The molecule has 4 nitrogen and oxygen atoms in total. The van der Waals surface area contributed by atoms with Gasteiger partial charge in [0.25, 0.3) is 0 Å². The highest BCUT2D eigenvalue weighted by atomic mass is 16.5. The predicted octanol–water partition coefficient (Wildman–Crippen LogP) is 2.16. The first-order valence-electron chi connectivity index (χ1n) is 7.34. The normalized spacial score (nSPS) is 18.3. The Hall–Kier alpha value is -1.13. The van der Waals surface area contributed by atoms with Gasteiger partial charge in [0.2, 0.25) is 5.56 Å². The molecular formula is C15H24N2O2. The van der Waals surface area contributed by atoms with Gasteiger partial charge >= 0.3 is 0 Å². The minimum atomic E-state index is 0.00682. The maximum atomic E-state index is 11.3. The van der Waals surface area contributed by atoms with Crippen LogP contribution >= 0.6 is 0 Å². The van der Waals surface area contributed by atoms with Crippen LogP contribution < -0.4 is 10.9 Å². The third-order valence-corrected chi connectivity index (χ3v) is 3.54. The van der Waals surface area contributed by atoms with E-state index in [2.05, 4.69) is 17.2 Å². The summed E-state index contributed by atoms with van der Waals surface area (Å²) in [5.41, 5.74) is 2.38. The zero-order valence-electron chi connectivity index (χ0n) is 11.7. The van der Waals surface area contributed by atoms with Crippen LogP contribution in [-0.4, -0.2) is 24.7 Å². The number of aromatic amines is 1. The second-order valence-corrected chi connectivity index (χ2v) is 5.12. The summed E-state index contributed by atoms with van der Waals surface area (Å²) in [5.74, 6) is 0. The van der Waals surface area contributed by atoms with Gasteiger partial charge in [0.05, 0.1) is 0 Å². The molecule has 0 aliphatic heterocycles. The van der Waals surface area contributed by atoms with Gasteiger partial charge in [0.15, 0.2) is 0 Å². The van der Waals surface area contributed by atoms with Crippen molar-refractivity contribution < 1.29 is 4.74 Å². The van der Waals surface area contributed by atoms with Gasteiger partial charge in [0.1, 0.15) is 0 Å². The number of aryl methyl sites for hydroxylation is 1. The average Bonchev–Trinajstić information content (AvgIpc) is 2.42. The highest BCUT2D eigenvalue weighted by Crippen LogP contribution is 2.27. The van der Waals surface area contributed by atoms with E-state index >= 15 is 0 Å². The number of ether oxygens (including phenoxy) is 1. The van der Waals surface area contributed by atoms with Crippen LogP contribution in [0.4, 0.5) is 0 Å². The number of hydrogen-bond donors (Lipinski definition) is 2. The molecule has 1 aliphatic rings. The van der Waals surface area contributed by atoms with Gasteiger partial charge in [-0.25, -0.2) is 0 Å². The zero-order valence-corrected chi connectivity index (χ0v) is 11.7. The van der Waals surface area contributed by atoms with Crippen LogP contribution in [-0.2, 0) is 11.2 Å². The largest absolute Gasteiger partial charge is 0.381 e. The molecule has 1 unspecified atom stereocenters. The van der Waals surface area contributed by atoms with Gasteiger partial charge in [-0.2, -0.15) is 0 Å². The number of aromatic nitrogens is 1. The molecule has 1 heterocycles. The predicted molar refractivity (Wildman–Crippen MR) is 76.5 cm³/mol. The first kappa shape index (κ1) is 14.3. The molecule has 4 heteroatoms. The Bertz CT molecular complexity index is 442. The van der Waals surface area contributed by atoms with Gasteiger partial charge in [-0.15, -0.1) is 0 Å². The van der Waals surface area contributed by atoms with Crippen molar-refractivity contribution in [2.45, 2.75) is 45.1 Å². The number of fused-ring (bicyclic) bond motifs is 1. The topological polar surface area (TPSA) is 54.1 Å². The molecule has 0 amide bonds. The van der Waals surface area contributed by atoms with Crippen LogP contribution in [0.2, 0.25) is 0 Å². The first-order valence-corrected chi connectivity index (χ1v) is 7.34. The van der Waals surface area contributed by atoms with Gasteiger partial charge in [-0.3, -0.25) is 4.79 Å². The van der Waals surface area contributed by atoms with Crippen LogP contribution in [0.3, 0.4) is 0 Å². The summed E-state index contributed by atoms with van der Waals surface area (Å²) in [6.07, 6.45) is 5.39. The Morgan fingerprint density at radius 2 is 2.32 bits per heavy atom. The third-order valence-electron chi connectivity index (χ3n) is 3.54. The van der Waals surface area contributed by atoms with Crippen molar-refractivity contribution in [2.24, 2.45) is 0 Å². The van der Waals surface area contributed by atoms with Crippen LogP contribution in [0.5, 0.6) is 0 Å². The number of H-pyrrole nitrogens is 1. The Morgan fingerprint density at radius 3 is 3.16 bits per heavy atom. The summed E-state index contributed by atoms with van der Waals surface area (Å²) >= 11 is 0. The summed E-state index contributed by atoms with van der Waals surface area (Å²) in [4.78, 5) is 14.3. The van der Waals surface area contributed by atoms with Gasteiger partial charge in [-0.05, 0) is 44.2 Å². The van der Waals surface area contributed by atoms with Crippen LogP contribution in [0.25, 0.3) is 0 Å². The fourth-order valence-electron chi connectivity index (χ4n) is 2.61. The second kappa shape index (κ2) is 7.46. The smallest absolute Gasteiger partial charge is 0.248 e. The Balaban J connectivity index is 1.81. The summed E-state index contributed by atoms with van der Waals surface area (Å²) in [5, 5.41) is 3.57. The Labute approximate surface area is 114 Å². The number of rotatable bonds is 7. The second-order valence-electron chi connectivity index (χ2n) is 5.12. The number of hydrogen-bond acceptors (Lipinski definition) is 3. The molecule has 0 radical (unpaired) electrons. The summed E-state index contributed by atoms with van der Waals surface area (Å²) in [7, 11) is 0. The fraction of sp³-hybridized carbons (Fsp3) is 0.667. The molecule has 0 aromatic carbocycles. The monoisotopic (exact) mass is 264 g/mol. The van der Waals surface area contributed by atoms with Crippen LogP contribution in [0.1, 0.15) is 49.9 Å². The molecule has 0 saturated carbocycles. The highest BCUT2D eigenvalue weighted by Gasteiger charge is 2.19. The third kappa shape index (κ3) is 4.18. The lowest BCUT2D eigenvalue weighted by Gasteiger charge is -2.26. The lowest BCUT2D eigenvalue weighted by Crippen LogP contribution is -2.28. The van der Waals surface area contributed by atoms with Crippen LogP contribution in [0, 0.1) is 0 Å². The Kier molecular flexibility index (Phi) is 5.61. The molecule has 0 saturated heterocycles. The minimum absolute atomic E-state index is 0.00682. The molecule has 2 rings (SSSR count). The lowest BCUT2D eigenvalue weighted by molar-refractivity contribution is 0.131. The lowest BCUT2D eigenvalue weighted by atomic mass is 9.91. The molecule has 106 valence electrons. The molecule has 1 aromatic rings. The van der Waals surface area contributed by atoms with Crippen molar-refractivity contribution >= 4 is 0 Å². The van der Waals surface area contributed by atoms with Gasteiger partial charge < -0.3 is 15.0 Å². The summed E-state index contributed by atoms with van der Waals surface area (Å²) in [6, 6.07) is 3.98. The zero-order chi connectivity index (χ0) is 13.5. The van der Waals surface area contributed by atoms with E-state index in [-0.39, 0.29) is 5.56 Å². The fourth-order valence-corrected chi connectivity index (χ4v) is 2.61. The van der Waals surface area contributed by atoms with E-state index in [9.17, 15) is 4.79 Å². The molecule has 19 heavy (non-hydrogen) atoms. The SMILES string of the molecule is CCCOCCCNC1CCCc2[nH]c(=O)ccc21. The van der Waals surface area contributed by atoms with Gasteiger partial charge in [0, 0.05) is 31.0 Å².